The molecule has 0 radical (unpaired) electrons. The number of rotatable bonds is 6. The van der Waals surface area contributed by atoms with Crippen molar-refractivity contribution in [3.63, 3.8) is 0 Å². The normalized spacial score (nSPS) is 15.0. The van der Waals surface area contributed by atoms with E-state index in [2.05, 4.69) is 56.3 Å². The number of carbonyl (C=O) groups excluding carboxylic acids is 1. The standard InChI is InChI=1S/C19H26N6O/c1-15-4-2-5-16(14-15)25-12-10-24(11-13-25)9-3-6-23-19(26)17-18(20)22-8-7-21-17/h2,4-5,7-8,14H,3,6,9-13H2,1H3,(H2,20,22)(H,23,26). The van der Waals surface area contributed by atoms with Crippen LogP contribution in [0, 0.1) is 6.92 Å². The fourth-order valence-corrected chi connectivity index (χ4v) is 3.17. The third-order valence-corrected chi connectivity index (χ3v) is 4.62. The first-order chi connectivity index (χ1) is 12.6. The Morgan fingerprint density at radius 3 is 2.69 bits per heavy atom. The lowest BCUT2D eigenvalue weighted by molar-refractivity contribution is 0.0947. The second kappa shape index (κ2) is 8.62. The highest BCUT2D eigenvalue weighted by Gasteiger charge is 2.17. The molecule has 1 aromatic carbocycles. The maximum Gasteiger partial charge on any atom is 0.273 e. The van der Waals surface area contributed by atoms with Crippen molar-refractivity contribution in [2.45, 2.75) is 13.3 Å². The number of hydrogen-bond donors (Lipinski definition) is 2. The van der Waals surface area contributed by atoms with Gasteiger partial charge in [0.2, 0.25) is 0 Å². The van der Waals surface area contributed by atoms with Gasteiger partial charge in [-0.15, -0.1) is 0 Å². The Kier molecular flexibility index (Phi) is 6.01. The van der Waals surface area contributed by atoms with E-state index < -0.39 is 0 Å². The van der Waals surface area contributed by atoms with Crippen LogP contribution in [-0.2, 0) is 0 Å². The molecule has 1 amide bonds. The van der Waals surface area contributed by atoms with Crippen LogP contribution in [0.15, 0.2) is 36.7 Å². The van der Waals surface area contributed by atoms with Crippen molar-refractivity contribution in [2.75, 3.05) is 49.9 Å². The molecule has 3 rings (SSSR count). The second-order valence-electron chi connectivity index (χ2n) is 6.57. The number of piperazine rings is 1. The Bertz CT molecular complexity index is 742. The fourth-order valence-electron chi connectivity index (χ4n) is 3.17. The largest absolute Gasteiger partial charge is 0.382 e. The number of nitrogens with two attached hydrogens (primary N) is 1. The molecule has 0 saturated carbocycles. The van der Waals surface area contributed by atoms with E-state index in [1.165, 1.54) is 23.6 Å². The zero-order chi connectivity index (χ0) is 18.4. The lowest BCUT2D eigenvalue weighted by Gasteiger charge is -2.36. The molecule has 26 heavy (non-hydrogen) atoms. The Balaban J connectivity index is 1.37. The monoisotopic (exact) mass is 354 g/mol. The van der Waals surface area contributed by atoms with Crippen LogP contribution in [0.3, 0.4) is 0 Å². The molecule has 2 heterocycles. The minimum Gasteiger partial charge on any atom is -0.382 e. The summed E-state index contributed by atoms with van der Waals surface area (Å²) in [6.45, 7) is 7.85. The highest BCUT2D eigenvalue weighted by molar-refractivity contribution is 5.96. The molecular formula is C19H26N6O. The number of amides is 1. The van der Waals surface area contributed by atoms with Crippen molar-refractivity contribution in [1.82, 2.24) is 20.2 Å². The number of aryl methyl sites for hydroxylation is 1. The summed E-state index contributed by atoms with van der Waals surface area (Å²) in [5.41, 5.74) is 8.46. The molecule has 1 aromatic heterocycles. The van der Waals surface area contributed by atoms with E-state index in [4.69, 9.17) is 5.73 Å². The van der Waals surface area contributed by atoms with Gasteiger partial charge in [-0.3, -0.25) is 9.69 Å². The van der Waals surface area contributed by atoms with Crippen molar-refractivity contribution in [2.24, 2.45) is 0 Å². The van der Waals surface area contributed by atoms with E-state index in [0.29, 0.717) is 6.54 Å². The first-order valence-electron chi connectivity index (χ1n) is 9.02. The van der Waals surface area contributed by atoms with Crippen LogP contribution in [0.4, 0.5) is 11.5 Å². The van der Waals surface area contributed by atoms with Gasteiger partial charge in [-0.05, 0) is 37.6 Å². The van der Waals surface area contributed by atoms with Crippen molar-refractivity contribution in [1.29, 1.82) is 0 Å². The highest BCUT2D eigenvalue weighted by Crippen LogP contribution is 2.17. The number of hydrogen-bond acceptors (Lipinski definition) is 6. The number of nitrogen functional groups attached to an aromatic ring is 1. The Morgan fingerprint density at radius 2 is 1.96 bits per heavy atom. The van der Waals surface area contributed by atoms with Crippen LogP contribution in [0.1, 0.15) is 22.5 Å². The first kappa shape index (κ1) is 18.1. The average molecular weight is 354 g/mol. The molecule has 3 N–H and O–H groups in total. The molecular weight excluding hydrogens is 328 g/mol. The van der Waals surface area contributed by atoms with Crippen LogP contribution in [0.5, 0.6) is 0 Å². The van der Waals surface area contributed by atoms with Gasteiger partial charge < -0.3 is 16.0 Å². The van der Waals surface area contributed by atoms with Crippen LogP contribution >= 0.6 is 0 Å². The summed E-state index contributed by atoms with van der Waals surface area (Å²) in [6, 6.07) is 8.66. The number of nitrogens with one attached hydrogen (secondary N) is 1. The van der Waals surface area contributed by atoms with Crippen molar-refractivity contribution in [3.8, 4) is 0 Å². The maximum atomic E-state index is 12.0. The lowest BCUT2D eigenvalue weighted by atomic mass is 10.2. The SMILES string of the molecule is Cc1cccc(N2CCN(CCCNC(=O)c3nccnc3N)CC2)c1. The molecule has 0 aliphatic carbocycles. The third-order valence-electron chi connectivity index (χ3n) is 4.62. The van der Waals surface area contributed by atoms with Crippen molar-refractivity contribution < 1.29 is 4.79 Å². The summed E-state index contributed by atoms with van der Waals surface area (Å²) in [6.07, 6.45) is 3.85. The van der Waals surface area contributed by atoms with E-state index in [9.17, 15) is 4.79 Å². The summed E-state index contributed by atoms with van der Waals surface area (Å²) in [5, 5.41) is 2.86. The molecule has 2 aromatic rings. The molecule has 7 nitrogen and oxygen atoms in total. The number of carbonyl (C=O) groups is 1. The van der Waals surface area contributed by atoms with E-state index in [1.54, 1.807) is 0 Å². The summed E-state index contributed by atoms with van der Waals surface area (Å²) >= 11 is 0. The fraction of sp³-hybridized carbons (Fsp3) is 0.421. The third kappa shape index (κ3) is 4.70. The zero-order valence-corrected chi connectivity index (χ0v) is 15.2. The highest BCUT2D eigenvalue weighted by atomic mass is 16.1. The quantitative estimate of drug-likeness (QED) is 0.761. The number of nitrogens with zero attached hydrogens (tertiary/aromatic N) is 4. The molecule has 0 spiro atoms. The average Bonchev–Trinajstić information content (AvgIpc) is 2.66. The van der Waals surface area contributed by atoms with Crippen molar-refractivity contribution in [3.05, 3.63) is 47.9 Å². The van der Waals surface area contributed by atoms with Crippen LogP contribution < -0.4 is 16.0 Å². The second-order valence-corrected chi connectivity index (χ2v) is 6.57. The summed E-state index contributed by atoms with van der Waals surface area (Å²) in [7, 11) is 0. The first-order valence-corrected chi connectivity index (χ1v) is 9.02. The molecule has 0 bridgehead atoms. The van der Waals surface area contributed by atoms with Gasteiger partial charge in [0.25, 0.3) is 5.91 Å². The van der Waals surface area contributed by atoms with Gasteiger partial charge in [0, 0.05) is 50.8 Å². The van der Waals surface area contributed by atoms with Crippen LogP contribution in [0.2, 0.25) is 0 Å². The van der Waals surface area contributed by atoms with Gasteiger partial charge in [0.15, 0.2) is 11.5 Å². The smallest absolute Gasteiger partial charge is 0.273 e. The topological polar surface area (TPSA) is 87.4 Å². The van der Waals surface area contributed by atoms with Gasteiger partial charge in [0.1, 0.15) is 0 Å². The zero-order valence-electron chi connectivity index (χ0n) is 15.2. The molecule has 1 aliphatic heterocycles. The molecule has 1 fully saturated rings. The molecule has 138 valence electrons. The van der Waals surface area contributed by atoms with Crippen LogP contribution in [0.25, 0.3) is 0 Å². The predicted molar refractivity (Wildman–Crippen MR) is 103 cm³/mol. The number of aromatic nitrogens is 2. The van der Waals surface area contributed by atoms with Gasteiger partial charge in [-0.2, -0.15) is 0 Å². The Hall–Kier alpha value is -2.67. The van der Waals surface area contributed by atoms with E-state index >= 15 is 0 Å². The minimum absolute atomic E-state index is 0.164. The van der Waals surface area contributed by atoms with Gasteiger partial charge in [-0.1, -0.05) is 12.1 Å². The molecule has 7 heteroatoms. The Morgan fingerprint density at radius 1 is 1.19 bits per heavy atom. The lowest BCUT2D eigenvalue weighted by Crippen LogP contribution is -2.47. The van der Waals surface area contributed by atoms with Gasteiger partial charge >= 0.3 is 0 Å². The van der Waals surface area contributed by atoms with Gasteiger partial charge in [0.05, 0.1) is 0 Å². The van der Waals surface area contributed by atoms with E-state index in [-0.39, 0.29) is 17.4 Å². The van der Waals surface area contributed by atoms with Crippen molar-refractivity contribution >= 4 is 17.4 Å². The summed E-state index contributed by atoms with van der Waals surface area (Å²) in [5.74, 6) is -0.0999. The molecule has 1 saturated heterocycles. The summed E-state index contributed by atoms with van der Waals surface area (Å²) < 4.78 is 0. The van der Waals surface area contributed by atoms with Crippen LogP contribution in [-0.4, -0.2) is 60.0 Å². The van der Waals surface area contributed by atoms with E-state index in [0.717, 1.165) is 39.1 Å². The predicted octanol–water partition coefficient (Wildman–Crippen LogP) is 1.31. The minimum atomic E-state index is -0.264. The Labute approximate surface area is 154 Å². The number of benzene rings is 1. The number of anilines is 2. The van der Waals surface area contributed by atoms with E-state index in [1.807, 2.05) is 0 Å². The molecule has 0 unspecified atom stereocenters. The van der Waals surface area contributed by atoms with Gasteiger partial charge in [-0.25, -0.2) is 9.97 Å². The maximum absolute atomic E-state index is 12.0. The summed E-state index contributed by atoms with van der Waals surface area (Å²) in [4.78, 5) is 24.8. The molecule has 1 aliphatic rings. The molecule has 0 atom stereocenters.